The fourth-order valence-electron chi connectivity index (χ4n) is 1.89. The van der Waals surface area contributed by atoms with E-state index in [0.717, 1.165) is 25.6 Å². The van der Waals surface area contributed by atoms with Crippen LogP contribution in [0.5, 0.6) is 0 Å². The first-order valence-corrected chi connectivity index (χ1v) is 5.34. The molecule has 1 heterocycles. The molecule has 3 N–H and O–H groups in total. The Bertz CT molecular complexity index is 197. The Morgan fingerprint density at radius 3 is 2.93 bits per heavy atom. The summed E-state index contributed by atoms with van der Waals surface area (Å²) in [5.41, 5.74) is 5.44. The van der Waals surface area contributed by atoms with Gasteiger partial charge in [0.2, 0.25) is 0 Å². The molecule has 14 heavy (non-hydrogen) atoms. The molecule has 1 aliphatic heterocycles. The average Bonchev–Trinajstić information content (AvgIpc) is 2.61. The zero-order valence-electron chi connectivity index (χ0n) is 8.78. The number of nitrogens with zero attached hydrogens (tertiary/aromatic N) is 1. The van der Waals surface area contributed by atoms with Crippen LogP contribution in [-0.4, -0.2) is 41.7 Å². The summed E-state index contributed by atoms with van der Waals surface area (Å²) >= 11 is 0. The fraction of sp³-hybridized carbons (Fsp3) is 0.900. The van der Waals surface area contributed by atoms with Crippen molar-refractivity contribution in [2.45, 2.75) is 32.2 Å². The summed E-state index contributed by atoms with van der Waals surface area (Å²) in [4.78, 5) is 12.8. The number of carbonyl (C=O) groups is 1. The van der Waals surface area contributed by atoms with Gasteiger partial charge < -0.3 is 15.7 Å². The highest BCUT2D eigenvalue weighted by atomic mass is 16.4. The minimum Gasteiger partial charge on any atom is -0.480 e. The largest absolute Gasteiger partial charge is 0.480 e. The van der Waals surface area contributed by atoms with Gasteiger partial charge in [-0.1, -0.05) is 13.3 Å². The number of carboxylic acid groups (broad SMARTS) is 1. The lowest BCUT2D eigenvalue weighted by molar-refractivity contribution is -0.138. The number of likely N-dealkylation sites (tertiary alicyclic amines) is 1. The average molecular weight is 200 g/mol. The van der Waals surface area contributed by atoms with E-state index >= 15 is 0 Å². The zero-order valence-corrected chi connectivity index (χ0v) is 8.78. The van der Waals surface area contributed by atoms with Crippen molar-refractivity contribution in [2.75, 3.05) is 19.6 Å². The van der Waals surface area contributed by atoms with Gasteiger partial charge in [-0.15, -0.1) is 0 Å². The van der Waals surface area contributed by atoms with Gasteiger partial charge in [-0.2, -0.15) is 0 Å². The summed E-state index contributed by atoms with van der Waals surface area (Å²) in [6, 6.07) is -0.698. The van der Waals surface area contributed by atoms with Crippen LogP contribution in [0.1, 0.15) is 26.2 Å². The molecule has 4 heteroatoms. The van der Waals surface area contributed by atoms with E-state index in [9.17, 15) is 4.79 Å². The molecule has 1 rings (SSSR count). The molecule has 82 valence electrons. The molecule has 0 aromatic rings. The lowest BCUT2D eigenvalue weighted by Crippen LogP contribution is -2.34. The molecule has 1 fully saturated rings. The Morgan fingerprint density at radius 2 is 2.43 bits per heavy atom. The number of hydrogen-bond donors (Lipinski definition) is 2. The minimum absolute atomic E-state index is 0.561. The van der Waals surface area contributed by atoms with Crippen molar-refractivity contribution >= 4 is 5.97 Å². The maximum absolute atomic E-state index is 10.5. The highest BCUT2D eigenvalue weighted by Crippen LogP contribution is 2.18. The van der Waals surface area contributed by atoms with Crippen LogP contribution in [0.4, 0.5) is 0 Å². The topological polar surface area (TPSA) is 66.6 Å². The maximum Gasteiger partial charge on any atom is 0.320 e. The molecule has 4 nitrogen and oxygen atoms in total. The monoisotopic (exact) mass is 200 g/mol. The SMILES string of the molecule is CCC1CCN(CCC(N)C(=O)O)C1. The molecule has 1 saturated heterocycles. The van der Waals surface area contributed by atoms with Crippen LogP contribution in [0.2, 0.25) is 0 Å². The van der Waals surface area contributed by atoms with Gasteiger partial charge in [0.15, 0.2) is 0 Å². The molecule has 0 bridgehead atoms. The van der Waals surface area contributed by atoms with Gasteiger partial charge in [-0.05, 0) is 25.3 Å². The highest BCUT2D eigenvalue weighted by molar-refractivity contribution is 5.72. The third kappa shape index (κ3) is 3.27. The van der Waals surface area contributed by atoms with Crippen LogP contribution in [-0.2, 0) is 4.79 Å². The van der Waals surface area contributed by atoms with Crippen molar-refractivity contribution < 1.29 is 9.90 Å². The van der Waals surface area contributed by atoms with Crippen LogP contribution >= 0.6 is 0 Å². The van der Waals surface area contributed by atoms with Crippen molar-refractivity contribution in [1.29, 1.82) is 0 Å². The van der Waals surface area contributed by atoms with Crippen LogP contribution in [0.15, 0.2) is 0 Å². The van der Waals surface area contributed by atoms with Crippen molar-refractivity contribution in [3.05, 3.63) is 0 Å². The van der Waals surface area contributed by atoms with E-state index in [4.69, 9.17) is 10.8 Å². The first kappa shape index (κ1) is 11.5. The number of hydrogen-bond acceptors (Lipinski definition) is 3. The normalized spacial score (nSPS) is 25.1. The van der Waals surface area contributed by atoms with Crippen LogP contribution in [0, 0.1) is 5.92 Å². The number of carboxylic acids is 1. The lowest BCUT2D eigenvalue weighted by Gasteiger charge is -2.16. The molecule has 0 radical (unpaired) electrons. The molecular formula is C10H20N2O2. The Labute approximate surface area is 85.1 Å². The van der Waals surface area contributed by atoms with E-state index in [-0.39, 0.29) is 0 Å². The first-order valence-electron chi connectivity index (χ1n) is 5.34. The maximum atomic E-state index is 10.5. The predicted molar refractivity (Wildman–Crippen MR) is 55.1 cm³/mol. The van der Waals surface area contributed by atoms with E-state index in [1.165, 1.54) is 12.8 Å². The van der Waals surface area contributed by atoms with Gasteiger partial charge in [0.25, 0.3) is 0 Å². The number of nitrogens with two attached hydrogens (primary N) is 1. The van der Waals surface area contributed by atoms with Gasteiger partial charge in [0, 0.05) is 13.1 Å². The van der Waals surface area contributed by atoms with Crippen molar-refractivity contribution in [2.24, 2.45) is 11.7 Å². The quantitative estimate of drug-likeness (QED) is 0.679. The first-order chi connectivity index (χ1) is 6.63. The van der Waals surface area contributed by atoms with Gasteiger partial charge >= 0.3 is 5.97 Å². The summed E-state index contributed by atoms with van der Waals surface area (Å²) in [5, 5.41) is 8.61. The predicted octanol–water partition coefficient (Wildman–Crippen LogP) is 0.520. The summed E-state index contributed by atoms with van der Waals surface area (Å²) in [6.45, 7) is 5.24. The molecular weight excluding hydrogens is 180 g/mol. The van der Waals surface area contributed by atoms with Crippen LogP contribution in [0.25, 0.3) is 0 Å². The standard InChI is InChI=1S/C10H20N2O2/c1-2-8-3-5-12(7-8)6-4-9(11)10(13)14/h8-9H,2-7,11H2,1H3,(H,13,14). The van der Waals surface area contributed by atoms with E-state index in [2.05, 4.69) is 11.8 Å². The van der Waals surface area contributed by atoms with Crippen molar-refractivity contribution in [1.82, 2.24) is 4.90 Å². The molecule has 1 aliphatic rings. The highest BCUT2D eigenvalue weighted by Gasteiger charge is 2.21. The Kier molecular flexibility index (Phi) is 4.35. The van der Waals surface area contributed by atoms with E-state index in [0.29, 0.717) is 6.42 Å². The summed E-state index contributed by atoms with van der Waals surface area (Å²) in [7, 11) is 0. The smallest absolute Gasteiger partial charge is 0.320 e. The fourth-order valence-corrected chi connectivity index (χ4v) is 1.89. The zero-order chi connectivity index (χ0) is 10.6. The van der Waals surface area contributed by atoms with Crippen molar-refractivity contribution in [3.63, 3.8) is 0 Å². The molecule has 2 atom stereocenters. The van der Waals surface area contributed by atoms with Crippen LogP contribution < -0.4 is 5.73 Å². The second-order valence-corrected chi connectivity index (χ2v) is 4.10. The van der Waals surface area contributed by atoms with Crippen molar-refractivity contribution in [3.8, 4) is 0 Å². The molecule has 0 amide bonds. The van der Waals surface area contributed by atoms with E-state index < -0.39 is 12.0 Å². The number of rotatable bonds is 5. The Morgan fingerprint density at radius 1 is 1.71 bits per heavy atom. The summed E-state index contributed by atoms with van der Waals surface area (Å²) in [6.07, 6.45) is 3.03. The minimum atomic E-state index is -0.892. The lowest BCUT2D eigenvalue weighted by atomic mass is 10.1. The second kappa shape index (κ2) is 5.32. The van der Waals surface area contributed by atoms with Gasteiger partial charge in [0.05, 0.1) is 0 Å². The van der Waals surface area contributed by atoms with Gasteiger partial charge in [-0.25, -0.2) is 0 Å². The molecule has 2 unspecified atom stereocenters. The van der Waals surface area contributed by atoms with Crippen LogP contribution in [0.3, 0.4) is 0 Å². The molecule has 0 saturated carbocycles. The number of aliphatic carboxylic acids is 1. The molecule has 0 spiro atoms. The second-order valence-electron chi connectivity index (χ2n) is 4.10. The Hall–Kier alpha value is -0.610. The van der Waals surface area contributed by atoms with Gasteiger partial charge in [-0.3, -0.25) is 4.79 Å². The van der Waals surface area contributed by atoms with E-state index in [1.807, 2.05) is 0 Å². The Balaban J connectivity index is 2.17. The third-order valence-corrected chi connectivity index (χ3v) is 3.02. The van der Waals surface area contributed by atoms with Gasteiger partial charge in [0.1, 0.15) is 6.04 Å². The third-order valence-electron chi connectivity index (χ3n) is 3.02. The summed E-state index contributed by atoms with van der Waals surface area (Å²) in [5.74, 6) is -0.0905. The molecule has 0 aromatic heterocycles. The van der Waals surface area contributed by atoms with E-state index in [1.54, 1.807) is 0 Å². The molecule has 0 aromatic carbocycles. The summed E-state index contributed by atoms with van der Waals surface area (Å²) < 4.78 is 0. The molecule has 0 aliphatic carbocycles.